The maximum absolute atomic E-state index is 6.15. The van der Waals surface area contributed by atoms with Gasteiger partial charge in [-0.2, -0.15) is 0 Å². The number of ether oxygens (including phenoxy) is 1. The summed E-state index contributed by atoms with van der Waals surface area (Å²) in [7, 11) is 0. The molecule has 2 N–H and O–H groups in total. The van der Waals surface area contributed by atoms with Crippen molar-refractivity contribution in [2.45, 2.75) is 59.1 Å². The number of hydrogen-bond acceptors (Lipinski definition) is 2. The first kappa shape index (κ1) is 14.0. The lowest BCUT2D eigenvalue weighted by Crippen LogP contribution is -2.27. The van der Waals surface area contributed by atoms with Gasteiger partial charge in [0.15, 0.2) is 0 Å². The third-order valence-corrected chi connectivity index (χ3v) is 2.94. The molecule has 0 aliphatic carbocycles. The molecule has 17 heavy (non-hydrogen) atoms. The molecule has 0 saturated carbocycles. The summed E-state index contributed by atoms with van der Waals surface area (Å²) >= 11 is 0. The molecule has 0 spiro atoms. The van der Waals surface area contributed by atoms with E-state index in [0.717, 1.165) is 25.0 Å². The molecule has 1 rings (SSSR count). The lowest BCUT2D eigenvalue weighted by Gasteiger charge is -2.22. The summed E-state index contributed by atoms with van der Waals surface area (Å²) in [6.45, 7) is 8.41. The van der Waals surface area contributed by atoms with E-state index in [1.165, 1.54) is 11.1 Å². The van der Waals surface area contributed by atoms with Crippen LogP contribution in [0.25, 0.3) is 0 Å². The normalized spacial score (nSPS) is 14.4. The average molecular weight is 235 g/mol. The Morgan fingerprint density at radius 1 is 1.24 bits per heavy atom. The first-order valence-electron chi connectivity index (χ1n) is 6.53. The monoisotopic (exact) mass is 235 g/mol. The molecule has 0 amide bonds. The van der Waals surface area contributed by atoms with Gasteiger partial charge in [-0.25, -0.2) is 0 Å². The highest BCUT2D eigenvalue weighted by Gasteiger charge is 2.14. The molecule has 0 bridgehead atoms. The van der Waals surface area contributed by atoms with Crippen LogP contribution >= 0.6 is 0 Å². The fourth-order valence-corrected chi connectivity index (χ4v) is 2.11. The van der Waals surface area contributed by atoms with Crippen molar-refractivity contribution in [1.82, 2.24) is 0 Å². The van der Waals surface area contributed by atoms with E-state index in [4.69, 9.17) is 10.5 Å². The SMILES string of the molecule is CCCC(CC(C)N)Oc1c(C)cccc1C. The number of para-hydroxylation sites is 1. The van der Waals surface area contributed by atoms with E-state index in [-0.39, 0.29) is 12.1 Å². The van der Waals surface area contributed by atoms with Crippen LogP contribution in [0.15, 0.2) is 18.2 Å². The molecule has 0 aliphatic rings. The van der Waals surface area contributed by atoms with E-state index in [9.17, 15) is 0 Å². The van der Waals surface area contributed by atoms with Crippen molar-refractivity contribution in [3.05, 3.63) is 29.3 Å². The third kappa shape index (κ3) is 4.39. The van der Waals surface area contributed by atoms with E-state index in [2.05, 4.69) is 39.0 Å². The standard InChI is InChI=1S/C15H25NO/c1-5-7-14(10-13(4)16)17-15-11(2)8-6-9-12(15)3/h6,8-9,13-14H,5,7,10,16H2,1-4H3. The van der Waals surface area contributed by atoms with Gasteiger partial charge in [-0.1, -0.05) is 31.5 Å². The predicted octanol–water partition coefficient (Wildman–Crippen LogP) is 3.59. The summed E-state index contributed by atoms with van der Waals surface area (Å²) in [5.41, 5.74) is 8.28. The highest BCUT2D eigenvalue weighted by atomic mass is 16.5. The summed E-state index contributed by atoms with van der Waals surface area (Å²) in [6, 6.07) is 6.45. The molecule has 0 heterocycles. The smallest absolute Gasteiger partial charge is 0.125 e. The van der Waals surface area contributed by atoms with Gasteiger partial charge in [0, 0.05) is 6.04 Å². The minimum atomic E-state index is 0.191. The van der Waals surface area contributed by atoms with Crippen LogP contribution in [0.2, 0.25) is 0 Å². The van der Waals surface area contributed by atoms with Gasteiger partial charge in [0.2, 0.25) is 0 Å². The van der Waals surface area contributed by atoms with Gasteiger partial charge in [0.25, 0.3) is 0 Å². The van der Waals surface area contributed by atoms with Crippen molar-refractivity contribution in [3.8, 4) is 5.75 Å². The van der Waals surface area contributed by atoms with Crippen LogP contribution in [0, 0.1) is 13.8 Å². The van der Waals surface area contributed by atoms with Crippen LogP contribution in [0.5, 0.6) is 5.75 Å². The van der Waals surface area contributed by atoms with Crippen LogP contribution in [0.3, 0.4) is 0 Å². The van der Waals surface area contributed by atoms with E-state index in [0.29, 0.717) is 0 Å². The lowest BCUT2D eigenvalue weighted by molar-refractivity contribution is 0.170. The summed E-state index contributed by atoms with van der Waals surface area (Å²) in [5, 5.41) is 0. The number of nitrogens with two attached hydrogens (primary N) is 1. The quantitative estimate of drug-likeness (QED) is 0.818. The Morgan fingerprint density at radius 2 is 1.82 bits per heavy atom. The zero-order valence-electron chi connectivity index (χ0n) is 11.5. The fourth-order valence-electron chi connectivity index (χ4n) is 2.11. The Balaban J connectivity index is 2.78. The van der Waals surface area contributed by atoms with Gasteiger partial charge >= 0.3 is 0 Å². The van der Waals surface area contributed by atoms with Crippen LogP contribution in [0.4, 0.5) is 0 Å². The number of aryl methyl sites for hydroxylation is 2. The van der Waals surface area contributed by atoms with Gasteiger partial charge in [-0.05, 0) is 44.7 Å². The van der Waals surface area contributed by atoms with Gasteiger partial charge in [-0.3, -0.25) is 0 Å². The van der Waals surface area contributed by atoms with E-state index in [1.807, 2.05) is 6.92 Å². The predicted molar refractivity (Wildman–Crippen MR) is 73.5 cm³/mol. The van der Waals surface area contributed by atoms with Crippen molar-refractivity contribution in [2.24, 2.45) is 5.73 Å². The van der Waals surface area contributed by atoms with Crippen molar-refractivity contribution in [1.29, 1.82) is 0 Å². The summed E-state index contributed by atoms with van der Waals surface area (Å²) in [6.07, 6.45) is 3.35. The Hall–Kier alpha value is -1.02. The van der Waals surface area contributed by atoms with Crippen molar-refractivity contribution in [2.75, 3.05) is 0 Å². The average Bonchev–Trinajstić information content (AvgIpc) is 2.23. The first-order chi connectivity index (χ1) is 8.04. The second-order valence-electron chi connectivity index (χ2n) is 4.96. The molecule has 0 radical (unpaired) electrons. The molecule has 2 nitrogen and oxygen atoms in total. The zero-order chi connectivity index (χ0) is 12.8. The Kier molecular flexibility index (Phi) is 5.49. The Morgan fingerprint density at radius 3 is 2.29 bits per heavy atom. The molecule has 1 aromatic rings. The van der Waals surface area contributed by atoms with Crippen molar-refractivity contribution >= 4 is 0 Å². The van der Waals surface area contributed by atoms with Crippen LogP contribution in [-0.4, -0.2) is 12.1 Å². The van der Waals surface area contributed by atoms with Crippen molar-refractivity contribution < 1.29 is 4.74 Å². The summed E-state index contributed by atoms with van der Waals surface area (Å²) in [5.74, 6) is 1.03. The van der Waals surface area contributed by atoms with E-state index >= 15 is 0 Å². The minimum absolute atomic E-state index is 0.191. The fraction of sp³-hybridized carbons (Fsp3) is 0.600. The highest BCUT2D eigenvalue weighted by Crippen LogP contribution is 2.25. The summed E-state index contributed by atoms with van der Waals surface area (Å²) in [4.78, 5) is 0. The lowest BCUT2D eigenvalue weighted by atomic mass is 10.1. The number of benzene rings is 1. The zero-order valence-corrected chi connectivity index (χ0v) is 11.5. The third-order valence-electron chi connectivity index (χ3n) is 2.94. The highest BCUT2D eigenvalue weighted by molar-refractivity contribution is 5.39. The van der Waals surface area contributed by atoms with Gasteiger partial charge < -0.3 is 10.5 Å². The number of hydrogen-bond donors (Lipinski definition) is 1. The minimum Gasteiger partial charge on any atom is -0.490 e. The molecule has 0 aliphatic heterocycles. The first-order valence-corrected chi connectivity index (χ1v) is 6.53. The Labute approximate surface area is 105 Å². The second kappa shape index (κ2) is 6.65. The molecular formula is C15H25NO. The van der Waals surface area contributed by atoms with Gasteiger partial charge in [-0.15, -0.1) is 0 Å². The van der Waals surface area contributed by atoms with Crippen molar-refractivity contribution in [3.63, 3.8) is 0 Å². The molecule has 2 unspecified atom stereocenters. The largest absolute Gasteiger partial charge is 0.490 e. The van der Waals surface area contributed by atoms with E-state index < -0.39 is 0 Å². The molecule has 2 atom stereocenters. The maximum atomic E-state index is 6.15. The Bertz CT molecular complexity index is 327. The molecule has 0 saturated heterocycles. The van der Waals surface area contributed by atoms with E-state index in [1.54, 1.807) is 0 Å². The van der Waals surface area contributed by atoms with Crippen LogP contribution in [0.1, 0.15) is 44.2 Å². The molecule has 0 fully saturated rings. The maximum Gasteiger partial charge on any atom is 0.125 e. The summed E-state index contributed by atoms with van der Waals surface area (Å²) < 4.78 is 6.15. The molecule has 2 heteroatoms. The molecule has 1 aromatic carbocycles. The van der Waals surface area contributed by atoms with Gasteiger partial charge in [0.05, 0.1) is 0 Å². The van der Waals surface area contributed by atoms with Crippen LogP contribution < -0.4 is 10.5 Å². The molecular weight excluding hydrogens is 210 g/mol. The molecule has 96 valence electrons. The topological polar surface area (TPSA) is 35.2 Å². The van der Waals surface area contributed by atoms with Gasteiger partial charge in [0.1, 0.15) is 11.9 Å². The molecule has 0 aromatic heterocycles. The second-order valence-corrected chi connectivity index (χ2v) is 4.96. The van der Waals surface area contributed by atoms with Crippen LogP contribution in [-0.2, 0) is 0 Å². The number of rotatable bonds is 6.